The number of nitrogens with one attached hydrogen (secondary N) is 2. The highest BCUT2D eigenvalue weighted by Crippen LogP contribution is 2.14. The van der Waals surface area contributed by atoms with Crippen LogP contribution in [0.25, 0.3) is 0 Å². The predicted octanol–water partition coefficient (Wildman–Crippen LogP) is 0.374. The summed E-state index contributed by atoms with van der Waals surface area (Å²) >= 11 is 0. The molecule has 17 heavy (non-hydrogen) atoms. The number of anilines is 1. The quantitative estimate of drug-likeness (QED) is 0.703. The van der Waals surface area contributed by atoms with Gasteiger partial charge in [-0.3, -0.25) is 4.79 Å². The van der Waals surface area contributed by atoms with Crippen LogP contribution >= 0.6 is 0 Å². The first-order valence-corrected chi connectivity index (χ1v) is 5.46. The van der Waals surface area contributed by atoms with Gasteiger partial charge in [0.25, 0.3) is 5.91 Å². The van der Waals surface area contributed by atoms with Crippen molar-refractivity contribution in [2.45, 2.75) is 32.4 Å². The van der Waals surface area contributed by atoms with Crippen LogP contribution in [0.2, 0.25) is 0 Å². The van der Waals surface area contributed by atoms with Crippen molar-refractivity contribution >= 4 is 11.7 Å². The standard InChI is InChI=1S/C11H19N5O/c1-7(12)11(2,3)14-9-6-5-8(15-16-9)10(17)13-4/h5-7H,12H2,1-4H3,(H,13,17)(H,14,16). The third-order valence-corrected chi connectivity index (χ3v) is 2.71. The van der Waals surface area contributed by atoms with Gasteiger partial charge in [0.1, 0.15) is 5.82 Å². The SMILES string of the molecule is CNC(=O)c1ccc(NC(C)(C)C(C)N)nn1. The van der Waals surface area contributed by atoms with Gasteiger partial charge in [-0.15, -0.1) is 10.2 Å². The molecule has 1 heterocycles. The third kappa shape index (κ3) is 3.39. The molecule has 0 fully saturated rings. The highest BCUT2D eigenvalue weighted by atomic mass is 16.1. The van der Waals surface area contributed by atoms with Gasteiger partial charge in [-0.25, -0.2) is 0 Å². The van der Waals surface area contributed by atoms with E-state index < -0.39 is 0 Å². The lowest BCUT2D eigenvalue weighted by atomic mass is 9.97. The molecule has 1 unspecified atom stereocenters. The molecule has 0 saturated heterocycles. The Hall–Kier alpha value is -1.69. The Bertz CT molecular complexity index is 385. The van der Waals surface area contributed by atoms with Crippen LogP contribution < -0.4 is 16.4 Å². The van der Waals surface area contributed by atoms with E-state index in [1.807, 2.05) is 20.8 Å². The van der Waals surface area contributed by atoms with E-state index in [0.29, 0.717) is 5.82 Å². The Morgan fingerprint density at radius 1 is 1.41 bits per heavy atom. The summed E-state index contributed by atoms with van der Waals surface area (Å²) in [6.45, 7) is 5.87. The number of nitrogens with two attached hydrogens (primary N) is 1. The van der Waals surface area contributed by atoms with E-state index in [9.17, 15) is 4.79 Å². The second-order valence-corrected chi connectivity index (χ2v) is 4.52. The van der Waals surface area contributed by atoms with E-state index in [0.717, 1.165) is 0 Å². The van der Waals surface area contributed by atoms with Crippen molar-refractivity contribution in [3.05, 3.63) is 17.8 Å². The van der Waals surface area contributed by atoms with Gasteiger partial charge in [0, 0.05) is 18.6 Å². The van der Waals surface area contributed by atoms with Gasteiger partial charge >= 0.3 is 0 Å². The molecule has 0 aliphatic carbocycles. The summed E-state index contributed by atoms with van der Waals surface area (Å²) in [6.07, 6.45) is 0. The van der Waals surface area contributed by atoms with Gasteiger partial charge in [-0.2, -0.15) is 0 Å². The summed E-state index contributed by atoms with van der Waals surface area (Å²) in [5.74, 6) is 0.343. The fourth-order valence-electron chi connectivity index (χ4n) is 1.09. The molecule has 1 aromatic rings. The van der Waals surface area contributed by atoms with Crippen LogP contribution in [0.15, 0.2) is 12.1 Å². The number of carbonyl (C=O) groups is 1. The van der Waals surface area contributed by atoms with E-state index >= 15 is 0 Å². The smallest absolute Gasteiger partial charge is 0.271 e. The highest BCUT2D eigenvalue weighted by Gasteiger charge is 2.23. The molecule has 0 aliphatic heterocycles. The van der Waals surface area contributed by atoms with E-state index in [4.69, 9.17) is 5.73 Å². The fourth-order valence-corrected chi connectivity index (χ4v) is 1.09. The lowest BCUT2D eigenvalue weighted by molar-refractivity contribution is 0.0957. The summed E-state index contributed by atoms with van der Waals surface area (Å²) in [5, 5.41) is 13.4. The van der Waals surface area contributed by atoms with Crippen LogP contribution in [0.5, 0.6) is 0 Å². The molecule has 4 N–H and O–H groups in total. The molecule has 0 saturated carbocycles. The summed E-state index contributed by atoms with van der Waals surface area (Å²) in [4.78, 5) is 11.3. The monoisotopic (exact) mass is 237 g/mol. The molecule has 1 atom stereocenters. The first-order valence-electron chi connectivity index (χ1n) is 5.46. The maximum absolute atomic E-state index is 11.3. The summed E-state index contributed by atoms with van der Waals surface area (Å²) in [6, 6.07) is 3.29. The van der Waals surface area contributed by atoms with Crippen molar-refractivity contribution in [1.29, 1.82) is 0 Å². The van der Waals surface area contributed by atoms with Gasteiger partial charge < -0.3 is 16.4 Å². The predicted molar refractivity (Wildman–Crippen MR) is 66.8 cm³/mol. The zero-order valence-corrected chi connectivity index (χ0v) is 10.6. The molecule has 6 nitrogen and oxygen atoms in total. The minimum absolute atomic E-state index is 0.0390. The van der Waals surface area contributed by atoms with Crippen LogP contribution in [-0.4, -0.2) is 34.7 Å². The maximum atomic E-state index is 11.3. The Morgan fingerprint density at radius 3 is 2.47 bits per heavy atom. The number of aromatic nitrogens is 2. The van der Waals surface area contributed by atoms with Gasteiger partial charge in [0.15, 0.2) is 5.69 Å². The number of rotatable bonds is 4. The van der Waals surface area contributed by atoms with Crippen LogP contribution in [0.1, 0.15) is 31.3 Å². The molecule has 0 spiro atoms. The molecule has 0 radical (unpaired) electrons. The molecule has 1 aromatic heterocycles. The Labute approximate surface area is 101 Å². The first kappa shape index (κ1) is 13.4. The van der Waals surface area contributed by atoms with Gasteiger partial charge in [0.2, 0.25) is 0 Å². The molecule has 6 heteroatoms. The Balaban J connectivity index is 2.79. The molecule has 1 amide bonds. The molecule has 1 rings (SSSR count). The van der Waals surface area contributed by atoms with E-state index in [1.54, 1.807) is 19.2 Å². The van der Waals surface area contributed by atoms with Crippen molar-refractivity contribution < 1.29 is 4.79 Å². The molecule has 0 aromatic carbocycles. The summed E-state index contributed by atoms with van der Waals surface area (Å²) < 4.78 is 0. The third-order valence-electron chi connectivity index (χ3n) is 2.71. The highest BCUT2D eigenvalue weighted by molar-refractivity contribution is 5.91. The molecular weight excluding hydrogens is 218 g/mol. The number of hydrogen-bond acceptors (Lipinski definition) is 5. The fraction of sp³-hybridized carbons (Fsp3) is 0.545. The van der Waals surface area contributed by atoms with Gasteiger partial charge in [-0.1, -0.05) is 0 Å². The van der Waals surface area contributed by atoms with Crippen molar-refractivity contribution in [3.8, 4) is 0 Å². The molecule has 0 bridgehead atoms. The first-order chi connectivity index (χ1) is 7.86. The van der Waals surface area contributed by atoms with Crippen molar-refractivity contribution in [3.63, 3.8) is 0 Å². The maximum Gasteiger partial charge on any atom is 0.271 e. The lowest BCUT2D eigenvalue weighted by Crippen LogP contribution is -2.47. The second-order valence-electron chi connectivity index (χ2n) is 4.52. The molecule has 0 aliphatic rings. The Kier molecular flexibility index (Phi) is 4.01. The average molecular weight is 237 g/mol. The number of carbonyl (C=O) groups excluding carboxylic acids is 1. The number of amides is 1. The van der Waals surface area contributed by atoms with Crippen LogP contribution in [0.3, 0.4) is 0 Å². The van der Waals surface area contributed by atoms with Gasteiger partial charge in [0.05, 0.1) is 0 Å². The Morgan fingerprint density at radius 2 is 2.06 bits per heavy atom. The normalized spacial score (nSPS) is 13.0. The average Bonchev–Trinajstić information content (AvgIpc) is 2.28. The lowest BCUT2D eigenvalue weighted by Gasteiger charge is -2.30. The number of nitrogens with zero attached hydrogens (tertiary/aromatic N) is 2. The zero-order chi connectivity index (χ0) is 13.1. The minimum Gasteiger partial charge on any atom is -0.362 e. The molecular formula is C11H19N5O. The topological polar surface area (TPSA) is 92.9 Å². The van der Waals surface area contributed by atoms with Crippen LogP contribution in [-0.2, 0) is 0 Å². The molecule has 94 valence electrons. The minimum atomic E-state index is -0.288. The van der Waals surface area contributed by atoms with Crippen LogP contribution in [0, 0.1) is 0 Å². The van der Waals surface area contributed by atoms with Crippen LogP contribution in [0.4, 0.5) is 5.82 Å². The van der Waals surface area contributed by atoms with Crippen molar-refractivity contribution in [1.82, 2.24) is 15.5 Å². The number of hydrogen-bond donors (Lipinski definition) is 3. The second kappa shape index (κ2) is 5.09. The summed E-state index contributed by atoms with van der Waals surface area (Å²) in [5.41, 5.74) is 5.84. The van der Waals surface area contributed by atoms with E-state index in [-0.39, 0.29) is 23.2 Å². The van der Waals surface area contributed by atoms with Crippen molar-refractivity contribution in [2.75, 3.05) is 12.4 Å². The van der Waals surface area contributed by atoms with E-state index in [1.165, 1.54) is 0 Å². The summed E-state index contributed by atoms with van der Waals surface area (Å²) in [7, 11) is 1.55. The van der Waals surface area contributed by atoms with E-state index in [2.05, 4.69) is 20.8 Å². The largest absolute Gasteiger partial charge is 0.362 e. The van der Waals surface area contributed by atoms with Crippen molar-refractivity contribution in [2.24, 2.45) is 5.73 Å². The zero-order valence-electron chi connectivity index (χ0n) is 10.6. The van der Waals surface area contributed by atoms with Gasteiger partial charge in [-0.05, 0) is 32.9 Å².